The summed E-state index contributed by atoms with van der Waals surface area (Å²) in [5, 5.41) is -2.38. The lowest BCUT2D eigenvalue weighted by atomic mass is 9.70. The first-order valence-electron chi connectivity index (χ1n) is 33.7. The van der Waals surface area contributed by atoms with Crippen molar-refractivity contribution in [1.29, 1.82) is 0 Å². The van der Waals surface area contributed by atoms with Gasteiger partial charge in [0.15, 0.2) is 0 Å². The van der Waals surface area contributed by atoms with Crippen molar-refractivity contribution in [3.63, 3.8) is 0 Å². The monoisotopic (exact) mass is 772 g/mol. The van der Waals surface area contributed by atoms with E-state index in [1.54, 1.807) is 0 Å². The van der Waals surface area contributed by atoms with E-state index in [4.69, 9.17) is 25.3 Å². The number of hydrogen-bond donors (Lipinski definition) is 0. The number of anilines is 3. The fourth-order valence-corrected chi connectivity index (χ4v) is 7.99. The number of nitrogens with zero attached hydrogens (tertiary/aromatic N) is 1. The van der Waals surface area contributed by atoms with Gasteiger partial charge < -0.3 is 13.7 Å². The molecular weight excluding hydrogens is 707 g/mol. The maximum atomic E-state index is 10.1. The van der Waals surface area contributed by atoms with E-state index in [0.717, 1.165) is 0 Å². The molecule has 0 N–H and O–H groups in total. The summed E-state index contributed by atoms with van der Waals surface area (Å²) in [5.74, 6) is 0. The fourth-order valence-electron chi connectivity index (χ4n) is 7.99. The van der Waals surface area contributed by atoms with E-state index in [-0.39, 0.29) is 0 Å². The first kappa shape index (κ1) is 13.5. The second-order valence-electron chi connectivity index (χ2n) is 13.0. The topological polar surface area (TPSA) is 29.5 Å². The molecule has 2 heterocycles. The minimum absolute atomic E-state index is 0.420. The Morgan fingerprint density at radius 2 is 0.897 bits per heavy atom. The highest BCUT2D eigenvalue weighted by molar-refractivity contribution is 6.14. The SMILES string of the molecule is [2H]c1c([2H])c([2H])c2c(c1[2H])-c1c([2H])c([2H])c([2H])c([2H])c1C21c2c([2H])c([2H])c([2H])c([2H])c2-c2c(N(c3c([2H])c([2H])c(-c4c([2H])c([2H])c5c(oc6c([2H])c([2H])c([2H])c([2H])c65)c4[2H])c([2H])c3[2H])c3c([2H])c([2H])c([2H])c4oc5c([2H])c([2H])c([2H])c([2H])c5c34)c([2H])c([2H])c([2H])c21. The van der Waals surface area contributed by atoms with Crippen molar-refractivity contribution >= 4 is 60.9 Å². The summed E-state index contributed by atoms with van der Waals surface area (Å²) < 4.78 is 319. The molecule has 0 aliphatic heterocycles. The molecule has 0 amide bonds. The third kappa shape index (κ3) is 4.12. The van der Waals surface area contributed by atoms with Crippen LogP contribution in [0.2, 0.25) is 0 Å². The molecule has 11 aromatic rings. The van der Waals surface area contributed by atoms with Gasteiger partial charge >= 0.3 is 0 Å². The fraction of sp³-hybridized carbons (Fsp3) is 0.0182. The highest BCUT2D eigenvalue weighted by atomic mass is 16.3. The van der Waals surface area contributed by atoms with Crippen LogP contribution < -0.4 is 4.90 Å². The molecule has 0 saturated carbocycles. The van der Waals surface area contributed by atoms with Crippen molar-refractivity contribution < 1.29 is 54.1 Å². The van der Waals surface area contributed by atoms with Crippen molar-refractivity contribution in [2.24, 2.45) is 0 Å². The van der Waals surface area contributed by atoms with Crippen LogP contribution in [0, 0.1) is 0 Å². The Balaban J connectivity index is 1.30. The van der Waals surface area contributed by atoms with E-state index in [9.17, 15) is 28.8 Å². The molecule has 2 aliphatic carbocycles. The van der Waals surface area contributed by atoms with Crippen molar-refractivity contribution in [2.45, 2.75) is 5.41 Å². The van der Waals surface area contributed by atoms with E-state index in [2.05, 4.69) is 0 Å². The van der Waals surface area contributed by atoms with Gasteiger partial charge in [0.25, 0.3) is 0 Å². The molecule has 0 bridgehead atoms. The second-order valence-corrected chi connectivity index (χ2v) is 13.0. The Labute approximate surface area is 381 Å². The zero-order valence-corrected chi connectivity index (χ0v) is 28.8. The normalized spacial score (nSPS) is 21.3. The van der Waals surface area contributed by atoms with E-state index >= 15 is 0 Å². The Morgan fingerprint density at radius 3 is 1.66 bits per heavy atom. The third-order valence-electron chi connectivity index (χ3n) is 10.3. The Morgan fingerprint density at radius 1 is 0.379 bits per heavy atom. The number of rotatable bonds is 4. The molecule has 0 unspecified atom stereocenters. The zero-order chi connectivity index (χ0) is 66.7. The number of hydrogen-bond acceptors (Lipinski definition) is 3. The van der Waals surface area contributed by atoms with Gasteiger partial charge in [0.05, 0.1) is 67.4 Å². The van der Waals surface area contributed by atoms with Gasteiger partial charge in [0, 0.05) is 27.4 Å². The van der Waals surface area contributed by atoms with Crippen LogP contribution in [0.1, 0.15) is 67.5 Å². The van der Waals surface area contributed by atoms with Gasteiger partial charge in [-0.2, -0.15) is 0 Å². The van der Waals surface area contributed by atoms with Gasteiger partial charge in [0.2, 0.25) is 0 Å². The Hall–Kier alpha value is -7.62. The number of furan rings is 2. The van der Waals surface area contributed by atoms with Crippen LogP contribution in [0.5, 0.6) is 0 Å². The van der Waals surface area contributed by atoms with Gasteiger partial charge in [-0.1, -0.05) is 145 Å². The smallest absolute Gasteiger partial charge is 0.137 e. The molecule has 13 rings (SSSR count). The van der Waals surface area contributed by atoms with E-state index < -0.39 is 321 Å². The summed E-state index contributed by atoms with van der Waals surface area (Å²) in [4.78, 5) is 0.452. The molecular formula is C55H33NO2. The maximum absolute atomic E-state index is 10.1. The highest BCUT2D eigenvalue weighted by Crippen LogP contribution is 2.64. The van der Waals surface area contributed by atoms with E-state index in [1.807, 2.05) is 0 Å². The molecule has 2 aliphatic rings. The van der Waals surface area contributed by atoms with Crippen molar-refractivity contribution in [3.05, 3.63) is 222 Å². The summed E-state index contributed by atoms with van der Waals surface area (Å²) in [7, 11) is 0. The molecule has 9 aromatic carbocycles. The summed E-state index contributed by atoms with van der Waals surface area (Å²) in [5.41, 5.74) is -17.5. The lowest BCUT2D eigenvalue weighted by Gasteiger charge is -2.32. The summed E-state index contributed by atoms with van der Waals surface area (Å²) >= 11 is 0. The van der Waals surface area contributed by atoms with Gasteiger partial charge in [0.1, 0.15) is 22.3 Å². The van der Waals surface area contributed by atoms with E-state index in [1.165, 1.54) is 0 Å². The minimum atomic E-state index is -3.05. The molecule has 1 spiro atoms. The molecule has 270 valence electrons. The van der Waals surface area contributed by atoms with Crippen LogP contribution in [0.15, 0.2) is 208 Å². The standard InChI is InChI=1S/C55H33NO2/c1-6-18-43-37(13-1)38-14-2-7-19-44(38)55(43)45-20-8-3-16-41(45)53-46(55)21-11-22-47(53)56(48-23-12-26-51-54(48)42-17-5-10-25-50(42)57-51)36-30-27-34(28-31-36)35-29-32-40-39-15-4-9-24-49(39)58-52(40)33-35/h1-33H/i1D,2D,3D,4D,5D,6D,7D,8D,9D,10D,11D,12D,13D,14D,15D,16D,17D,18D,19D,20D,21D,22D,23D,24D,25D,26D,27D,28D,29D,30D,31D,32D,33D. The highest BCUT2D eigenvalue weighted by Gasteiger charge is 2.52. The van der Waals surface area contributed by atoms with Crippen molar-refractivity contribution in [1.82, 2.24) is 0 Å². The van der Waals surface area contributed by atoms with Gasteiger partial charge in [-0.3, -0.25) is 0 Å². The largest absolute Gasteiger partial charge is 0.456 e. The van der Waals surface area contributed by atoms with Crippen LogP contribution in [0.3, 0.4) is 0 Å². The molecule has 3 heteroatoms. The van der Waals surface area contributed by atoms with Gasteiger partial charge in [-0.15, -0.1) is 0 Å². The molecule has 3 nitrogen and oxygen atoms in total. The van der Waals surface area contributed by atoms with Crippen LogP contribution in [-0.4, -0.2) is 0 Å². The first-order chi connectivity index (χ1) is 42.5. The summed E-state index contributed by atoms with van der Waals surface area (Å²) in [6.07, 6.45) is 0. The molecule has 0 saturated heterocycles. The second kappa shape index (κ2) is 11.7. The average molecular weight is 773 g/mol. The van der Waals surface area contributed by atoms with E-state index in [0.29, 0.717) is 4.90 Å². The van der Waals surface area contributed by atoms with Gasteiger partial charge in [-0.25, -0.2) is 0 Å². The molecule has 2 aromatic heterocycles. The van der Waals surface area contributed by atoms with Crippen LogP contribution in [0.4, 0.5) is 17.1 Å². The van der Waals surface area contributed by atoms with Crippen LogP contribution >= 0.6 is 0 Å². The Kier molecular flexibility index (Phi) is 2.72. The van der Waals surface area contributed by atoms with Crippen molar-refractivity contribution in [3.8, 4) is 33.4 Å². The number of para-hydroxylation sites is 2. The molecule has 58 heavy (non-hydrogen) atoms. The predicted molar refractivity (Wildman–Crippen MR) is 237 cm³/mol. The minimum Gasteiger partial charge on any atom is -0.456 e. The predicted octanol–water partition coefficient (Wildman–Crippen LogP) is 15.0. The molecule has 0 fully saturated rings. The van der Waals surface area contributed by atoms with Crippen LogP contribution in [0.25, 0.3) is 77.3 Å². The van der Waals surface area contributed by atoms with Crippen molar-refractivity contribution in [2.75, 3.05) is 4.90 Å². The quantitative estimate of drug-likeness (QED) is 0.178. The zero-order valence-electron chi connectivity index (χ0n) is 61.8. The number of benzene rings is 9. The van der Waals surface area contributed by atoms with Gasteiger partial charge in [-0.05, 0) is 104 Å². The first-order valence-corrected chi connectivity index (χ1v) is 17.2. The molecule has 0 radical (unpaired) electrons. The molecule has 0 atom stereocenters. The lowest BCUT2D eigenvalue weighted by molar-refractivity contribution is 0.668. The van der Waals surface area contributed by atoms with Crippen LogP contribution in [-0.2, 0) is 5.41 Å². The summed E-state index contributed by atoms with van der Waals surface area (Å²) in [6.45, 7) is 0. The number of fused-ring (bicyclic) bond motifs is 16. The maximum Gasteiger partial charge on any atom is 0.137 e. The summed E-state index contributed by atoms with van der Waals surface area (Å²) in [6, 6.07) is -34.4. The Bertz CT molecular complexity index is 5320. The average Bonchev–Trinajstić information content (AvgIpc) is 1.46. The third-order valence-corrected chi connectivity index (χ3v) is 10.3. The lowest BCUT2D eigenvalue weighted by Crippen LogP contribution is -2.26.